The van der Waals surface area contributed by atoms with Crippen LogP contribution in [0.3, 0.4) is 0 Å². The lowest BCUT2D eigenvalue weighted by molar-refractivity contribution is -0.129. The minimum atomic E-state index is -0.999. The Morgan fingerprint density at radius 1 is 0.806 bits per heavy atom. The Hall–Kier alpha value is -4.06. The SMILES string of the molecule is C=CC.C=CC(=O)Oc1ccc(-c2ccc(-c3ccc(OC=O)cc3)c(F)c2F)cc1. The summed E-state index contributed by atoms with van der Waals surface area (Å²) in [4.78, 5) is 21.5. The van der Waals surface area contributed by atoms with Crippen LogP contribution < -0.4 is 9.47 Å². The van der Waals surface area contributed by atoms with Crippen LogP contribution in [-0.4, -0.2) is 12.4 Å². The fourth-order valence-electron chi connectivity index (χ4n) is 2.62. The van der Waals surface area contributed by atoms with E-state index in [9.17, 15) is 18.4 Å². The van der Waals surface area contributed by atoms with Gasteiger partial charge in [0.25, 0.3) is 6.47 Å². The van der Waals surface area contributed by atoms with Crippen molar-refractivity contribution in [3.05, 3.63) is 97.6 Å². The van der Waals surface area contributed by atoms with E-state index in [0.29, 0.717) is 16.9 Å². The summed E-state index contributed by atoms with van der Waals surface area (Å²) >= 11 is 0. The van der Waals surface area contributed by atoms with Crippen LogP contribution in [0.25, 0.3) is 22.3 Å². The van der Waals surface area contributed by atoms with E-state index in [2.05, 4.69) is 17.9 Å². The Morgan fingerprint density at radius 2 is 1.23 bits per heavy atom. The molecular weight excluding hydrogens is 402 g/mol. The van der Waals surface area contributed by atoms with Crippen molar-refractivity contribution in [2.75, 3.05) is 0 Å². The topological polar surface area (TPSA) is 52.6 Å². The summed E-state index contributed by atoms with van der Waals surface area (Å²) in [6, 6.07) is 15.0. The molecular formula is C25H20F2O4. The minimum absolute atomic E-state index is 0.0729. The number of esters is 1. The Balaban J connectivity index is 0.00000107. The highest BCUT2D eigenvalue weighted by Crippen LogP contribution is 2.32. The van der Waals surface area contributed by atoms with Crippen molar-refractivity contribution in [2.24, 2.45) is 0 Å². The smallest absolute Gasteiger partial charge is 0.335 e. The average molecular weight is 422 g/mol. The Kier molecular flexibility index (Phi) is 8.40. The number of hydrogen-bond donors (Lipinski definition) is 0. The number of carbonyl (C=O) groups excluding carboxylic acids is 2. The average Bonchev–Trinajstić information content (AvgIpc) is 2.78. The lowest BCUT2D eigenvalue weighted by atomic mass is 9.98. The van der Waals surface area contributed by atoms with E-state index in [4.69, 9.17) is 4.74 Å². The molecule has 0 radical (unpaired) electrons. The van der Waals surface area contributed by atoms with Gasteiger partial charge in [0.2, 0.25) is 0 Å². The number of carbonyl (C=O) groups is 2. The summed E-state index contributed by atoms with van der Waals surface area (Å²) in [6.45, 7) is 8.84. The third-order valence-electron chi connectivity index (χ3n) is 3.98. The molecule has 0 aromatic heterocycles. The summed E-state index contributed by atoms with van der Waals surface area (Å²) in [5.41, 5.74) is 1.02. The molecule has 158 valence electrons. The molecule has 0 aliphatic rings. The predicted octanol–water partition coefficient (Wildman–Crippen LogP) is 6.12. The zero-order chi connectivity index (χ0) is 22.8. The van der Waals surface area contributed by atoms with Crippen molar-refractivity contribution in [2.45, 2.75) is 6.92 Å². The van der Waals surface area contributed by atoms with Gasteiger partial charge in [0.15, 0.2) is 11.6 Å². The van der Waals surface area contributed by atoms with Crippen molar-refractivity contribution >= 4 is 12.4 Å². The molecule has 0 aliphatic heterocycles. The lowest BCUT2D eigenvalue weighted by Crippen LogP contribution is -2.02. The van der Waals surface area contributed by atoms with Crippen LogP contribution in [0.5, 0.6) is 11.5 Å². The quantitative estimate of drug-likeness (QED) is 0.158. The van der Waals surface area contributed by atoms with E-state index < -0.39 is 17.6 Å². The largest absolute Gasteiger partial charge is 0.429 e. The molecule has 0 unspecified atom stereocenters. The van der Waals surface area contributed by atoms with Crippen LogP contribution in [0.2, 0.25) is 0 Å². The molecule has 0 spiro atoms. The second-order valence-corrected chi connectivity index (χ2v) is 6.08. The molecule has 0 atom stereocenters. The van der Waals surface area contributed by atoms with Crippen LogP contribution in [0.4, 0.5) is 8.78 Å². The molecule has 0 saturated carbocycles. The number of rotatable bonds is 6. The van der Waals surface area contributed by atoms with Gasteiger partial charge in [-0.05, 0) is 42.3 Å². The zero-order valence-corrected chi connectivity index (χ0v) is 16.8. The van der Waals surface area contributed by atoms with Crippen LogP contribution >= 0.6 is 0 Å². The molecule has 0 bridgehead atoms. The van der Waals surface area contributed by atoms with E-state index in [0.717, 1.165) is 6.08 Å². The molecule has 3 rings (SSSR count). The number of halogens is 2. The predicted molar refractivity (Wildman–Crippen MR) is 116 cm³/mol. The van der Waals surface area contributed by atoms with E-state index in [1.165, 1.54) is 60.7 Å². The molecule has 4 nitrogen and oxygen atoms in total. The van der Waals surface area contributed by atoms with E-state index in [1.54, 1.807) is 6.08 Å². The highest BCUT2D eigenvalue weighted by Gasteiger charge is 2.16. The first-order chi connectivity index (χ1) is 14.9. The molecule has 3 aromatic rings. The van der Waals surface area contributed by atoms with Gasteiger partial charge in [-0.1, -0.05) is 49.1 Å². The summed E-state index contributed by atoms with van der Waals surface area (Å²) in [6.07, 6.45) is 2.78. The third-order valence-corrected chi connectivity index (χ3v) is 3.98. The van der Waals surface area contributed by atoms with Crippen LogP contribution in [0.1, 0.15) is 6.92 Å². The van der Waals surface area contributed by atoms with Crippen molar-refractivity contribution in [3.63, 3.8) is 0 Å². The van der Waals surface area contributed by atoms with Crippen LogP contribution in [0, 0.1) is 11.6 Å². The third kappa shape index (κ3) is 5.96. The summed E-state index contributed by atoms with van der Waals surface area (Å²) in [5.74, 6) is -2.04. The number of hydrogen-bond acceptors (Lipinski definition) is 4. The van der Waals surface area contributed by atoms with Gasteiger partial charge in [-0.15, -0.1) is 6.58 Å². The fraction of sp³-hybridized carbons (Fsp3) is 0.0400. The first-order valence-corrected chi connectivity index (χ1v) is 9.15. The van der Waals surface area contributed by atoms with Crippen LogP contribution in [-0.2, 0) is 9.59 Å². The van der Waals surface area contributed by atoms with Crippen LogP contribution in [0.15, 0.2) is 86.0 Å². The van der Waals surface area contributed by atoms with Gasteiger partial charge in [0.1, 0.15) is 11.5 Å². The minimum Gasteiger partial charge on any atom is -0.429 e. The highest BCUT2D eigenvalue weighted by molar-refractivity contribution is 5.83. The monoisotopic (exact) mass is 422 g/mol. The second kappa shape index (κ2) is 11.2. The Morgan fingerprint density at radius 3 is 1.61 bits per heavy atom. The van der Waals surface area contributed by atoms with Crippen molar-refractivity contribution in [1.29, 1.82) is 0 Å². The second-order valence-electron chi connectivity index (χ2n) is 6.08. The molecule has 0 heterocycles. The van der Waals surface area contributed by atoms with Crippen molar-refractivity contribution in [3.8, 4) is 33.8 Å². The zero-order valence-electron chi connectivity index (χ0n) is 16.8. The maximum atomic E-state index is 14.7. The van der Waals surface area contributed by atoms with Gasteiger partial charge < -0.3 is 9.47 Å². The first-order valence-electron chi connectivity index (χ1n) is 9.15. The summed E-state index contributed by atoms with van der Waals surface area (Å²) in [7, 11) is 0. The van der Waals surface area contributed by atoms with Gasteiger partial charge in [0, 0.05) is 17.2 Å². The van der Waals surface area contributed by atoms with E-state index >= 15 is 0 Å². The maximum Gasteiger partial charge on any atom is 0.335 e. The molecule has 3 aromatic carbocycles. The first kappa shape index (κ1) is 23.2. The normalized spacial score (nSPS) is 9.65. The van der Waals surface area contributed by atoms with E-state index in [1.807, 2.05) is 6.92 Å². The summed E-state index contributed by atoms with van der Waals surface area (Å²) < 4.78 is 38.9. The standard InChI is InChI=1S/C22H14F2O4.C3H6/c1-2-20(26)28-17-9-5-15(6-10-17)19-12-11-18(21(23)22(19)24)14-3-7-16(8-4-14)27-13-25;1-3-2/h2-13H,1H2;3H,1H2,2H3. The lowest BCUT2D eigenvalue weighted by Gasteiger charge is -2.10. The molecule has 0 saturated heterocycles. The van der Waals surface area contributed by atoms with E-state index in [-0.39, 0.29) is 23.3 Å². The van der Waals surface area contributed by atoms with Gasteiger partial charge in [-0.3, -0.25) is 4.79 Å². The molecule has 0 fully saturated rings. The maximum absolute atomic E-state index is 14.7. The summed E-state index contributed by atoms with van der Waals surface area (Å²) in [5, 5.41) is 0. The number of benzene rings is 3. The van der Waals surface area contributed by atoms with Gasteiger partial charge in [-0.2, -0.15) is 0 Å². The van der Waals surface area contributed by atoms with Gasteiger partial charge in [0.05, 0.1) is 0 Å². The molecule has 0 amide bonds. The number of allylic oxidation sites excluding steroid dienone is 1. The van der Waals surface area contributed by atoms with Gasteiger partial charge in [-0.25, -0.2) is 13.6 Å². The van der Waals surface area contributed by atoms with Crippen molar-refractivity contribution in [1.82, 2.24) is 0 Å². The molecule has 0 aliphatic carbocycles. The Bertz CT molecular complexity index is 1070. The highest BCUT2D eigenvalue weighted by atomic mass is 19.2. The molecule has 6 heteroatoms. The Labute approximate surface area is 179 Å². The molecule has 0 N–H and O–H groups in total. The molecule has 31 heavy (non-hydrogen) atoms. The van der Waals surface area contributed by atoms with Crippen molar-refractivity contribution < 1.29 is 27.8 Å². The van der Waals surface area contributed by atoms with Gasteiger partial charge >= 0.3 is 5.97 Å². The number of ether oxygens (including phenoxy) is 2. The fourth-order valence-corrected chi connectivity index (χ4v) is 2.62.